The summed E-state index contributed by atoms with van der Waals surface area (Å²) >= 11 is 1.74. The highest BCUT2D eigenvalue weighted by Crippen LogP contribution is 2.27. The number of likely N-dealkylation sites (tertiary alicyclic amines) is 1. The molecule has 0 radical (unpaired) electrons. The minimum atomic E-state index is -4.41. The standard InChI is InChI=1S/C20H26F3N5OS.HI/c1-24-19(26-12-15-6-4-8-25-18(15)29-14-20(21,22)23)27-13-16(17-7-5-11-30-17)28-9-2-3-10-28;/h4-8,11,16H,2-3,9-10,12-14H2,1H3,(H2,24,26,27);1H. The van der Waals surface area contributed by atoms with E-state index in [0.717, 1.165) is 13.1 Å². The van der Waals surface area contributed by atoms with Crippen LogP contribution in [0.2, 0.25) is 0 Å². The van der Waals surface area contributed by atoms with E-state index in [4.69, 9.17) is 4.74 Å². The number of aliphatic imine (C=N–C) groups is 1. The zero-order chi connectivity index (χ0) is 21.4. The molecule has 1 atom stereocenters. The number of hydrogen-bond donors (Lipinski definition) is 2. The lowest BCUT2D eigenvalue weighted by molar-refractivity contribution is -0.154. The van der Waals surface area contributed by atoms with E-state index in [1.165, 1.54) is 23.9 Å². The summed E-state index contributed by atoms with van der Waals surface area (Å²) in [6.07, 6.45) is -0.594. The molecule has 3 heterocycles. The number of pyridine rings is 1. The molecule has 0 aromatic carbocycles. The summed E-state index contributed by atoms with van der Waals surface area (Å²) in [5.74, 6) is 0.535. The van der Waals surface area contributed by atoms with Crippen LogP contribution in [0.15, 0.2) is 40.8 Å². The Balaban J connectivity index is 0.00000341. The topological polar surface area (TPSA) is 61.8 Å². The highest BCUT2D eigenvalue weighted by molar-refractivity contribution is 14.0. The third-order valence-electron chi connectivity index (χ3n) is 4.81. The number of halogens is 4. The third kappa shape index (κ3) is 8.11. The first kappa shape index (κ1) is 25.7. The molecule has 1 fully saturated rings. The second-order valence-corrected chi connectivity index (χ2v) is 7.93. The molecule has 1 aliphatic rings. The van der Waals surface area contributed by atoms with Crippen LogP contribution >= 0.6 is 35.3 Å². The van der Waals surface area contributed by atoms with Gasteiger partial charge in [0.25, 0.3) is 0 Å². The Morgan fingerprint density at radius 1 is 1.26 bits per heavy atom. The van der Waals surface area contributed by atoms with Gasteiger partial charge in [0.15, 0.2) is 12.6 Å². The van der Waals surface area contributed by atoms with Gasteiger partial charge in [-0.2, -0.15) is 13.2 Å². The van der Waals surface area contributed by atoms with Gasteiger partial charge in [0.1, 0.15) is 0 Å². The summed E-state index contributed by atoms with van der Waals surface area (Å²) in [5.41, 5.74) is 0.527. The maximum Gasteiger partial charge on any atom is 0.422 e. The highest BCUT2D eigenvalue weighted by Gasteiger charge is 2.29. The van der Waals surface area contributed by atoms with Crippen LogP contribution < -0.4 is 15.4 Å². The van der Waals surface area contributed by atoms with Crippen molar-refractivity contribution >= 4 is 41.3 Å². The summed E-state index contributed by atoms with van der Waals surface area (Å²) in [6, 6.07) is 7.80. The van der Waals surface area contributed by atoms with Crippen molar-refractivity contribution in [1.82, 2.24) is 20.5 Å². The van der Waals surface area contributed by atoms with Crippen LogP contribution in [0.3, 0.4) is 0 Å². The monoisotopic (exact) mass is 569 g/mol. The van der Waals surface area contributed by atoms with Crippen LogP contribution in [0.5, 0.6) is 5.88 Å². The maximum atomic E-state index is 12.5. The first-order valence-corrected chi connectivity index (χ1v) is 10.7. The van der Waals surface area contributed by atoms with Gasteiger partial charge in [-0.05, 0) is 43.4 Å². The zero-order valence-corrected chi connectivity index (χ0v) is 20.3. The predicted molar refractivity (Wildman–Crippen MR) is 127 cm³/mol. The number of thiophene rings is 1. The van der Waals surface area contributed by atoms with Gasteiger partial charge in [-0.1, -0.05) is 12.1 Å². The van der Waals surface area contributed by atoms with E-state index >= 15 is 0 Å². The van der Waals surface area contributed by atoms with Crippen LogP contribution in [-0.4, -0.2) is 55.3 Å². The van der Waals surface area contributed by atoms with Crippen molar-refractivity contribution in [3.05, 3.63) is 46.3 Å². The lowest BCUT2D eigenvalue weighted by atomic mass is 10.2. The molecule has 2 aromatic heterocycles. The fourth-order valence-electron chi connectivity index (χ4n) is 3.38. The summed E-state index contributed by atoms with van der Waals surface area (Å²) in [7, 11) is 1.66. The van der Waals surface area contributed by atoms with E-state index in [9.17, 15) is 13.2 Å². The Bertz CT molecular complexity index is 813. The summed E-state index contributed by atoms with van der Waals surface area (Å²) in [5, 5.41) is 8.56. The number of rotatable bonds is 8. The molecule has 3 rings (SSSR count). The van der Waals surface area contributed by atoms with Gasteiger partial charge in [-0.15, -0.1) is 35.3 Å². The molecule has 0 saturated carbocycles. The van der Waals surface area contributed by atoms with Crippen LogP contribution in [-0.2, 0) is 6.54 Å². The SMILES string of the molecule is CN=C(NCc1cccnc1OCC(F)(F)F)NCC(c1cccs1)N1CCCC1.I. The van der Waals surface area contributed by atoms with Crippen molar-refractivity contribution in [1.29, 1.82) is 0 Å². The molecule has 1 unspecified atom stereocenters. The number of alkyl halides is 3. The molecular weight excluding hydrogens is 542 g/mol. The van der Waals surface area contributed by atoms with Gasteiger partial charge >= 0.3 is 6.18 Å². The van der Waals surface area contributed by atoms with Crippen LogP contribution in [0.1, 0.15) is 29.3 Å². The van der Waals surface area contributed by atoms with Crippen molar-refractivity contribution in [3.8, 4) is 5.88 Å². The van der Waals surface area contributed by atoms with Gasteiger partial charge in [0, 0.05) is 36.8 Å². The van der Waals surface area contributed by atoms with Crippen molar-refractivity contribution in [2.24, 2.45) is 4.99 Å². The number of aromatic nitrogens is 1. The molecule has 2 aromatic rings. The molecular formula is C20H27F3IN5OS. The van der Waals surface area contributed by atoms with Gasteiger partial charge in [0.2, 0.25) is 5.88 Å². The summed E-state index contributed by atoms with van der Waals surface area (Å²) < 4.78 is 42.2. The van der Waals surface area contributed by atoms with Gasteiger partial charge in [-0.3, -0.25) is 9.89 Å². The van der Waals surface area contributed by atoms with E-state index in [2.05, 4.69) is 43.0 Å². The summed E-state index contributed by atoms with van der Waals surface area (Å²) in [4.78, 5) is 11.9. The minimum absolute atomic E-state index is 0. The average Bonchev–Trinajstić information content (AvgIpc) is 3.44. The molecule has 2 N–H and O–H groups in total. The highest BCUT2D eigenvalue weighted by atomic mass is 127. The van der Waals surface area contributed by atoms with E-state index in [0.29, 0.717) is 18.1 Å². The lowest BCUT2D eigenvalue weighted by Gasteiger charge is -2.27. The van der Waals surface area contributed by atoms with E-state index in [1.54, 1.807) is 30.5 Å². The maximum absolute atomic E-state index is 12.5. The molecule has 1 aliphatic heterocycles. The number of ether oxygens (including phenoxy) is 1. The number of guanidine groups is 1. The van der Waals surface area contributed by atoms with Gasteiger partial charge in [0.05, 0.1) is 6.04 Å². The molecule has 172 valence electrons. The first-order chi connectivity index (χ1) is 14.5. The summed E-state index contributed by atoms with van der Waals surface area (Å²) in [6.45, 7) is 1.71. The first-order valence-electron chi connectivity index (χ1n) is 9.81. The number of nitrogens with one attached hydrogen (secondary N) is 2. The number of nitrogens with zero attached hydrogens (tertiary/aromatic N) is 3. The zero-order valence-electron chi connectivity index (χ0n) is 17.2. The molecule has 0 spiro atoms. The van der Waals surface area contributed by atoms with Crippen LogP contribution in [0.25, 0.3) is 0 Å². The fourth-order valence-corrected chi connectivity index (χ4v) is 4.24. The van der Waals surface area contributed by atoms with Crippen molar-refractivity contribution in [2.75, 3.05) is 33.3 Å². The Morgan fingerprint density at radius 3 is 2.68 bits per heavy atom. The normalized spacial score (nSPS) is 15.9. The molecule has 0 amide bonds. The van der Waals surface area contributed by atoms with E-state index in [-0.39, 0.29) is 42.4 Å². The largest absolute Gasteiger partial charge is 0.468 e. The number of hydrogen-bond acceptors (Lipinski definition) is 5. The molecule has 6 nitrogen and oxygen atoms in total. The minimum Gasteiger partial charge on any atom is -0.468 e. The molecule has 31 heavy (non-hydrogen) atoms. The van der Waals surface area contributed by atoms with Crippen LogP contribution in [0, 0.1) is 0 Å². The second-order valence-electron chi connectivity index (χ2n) is 6.95. The van der Waals surface area contributed by atoms with Crippen molar-refractivity contribution in [3.63, 3.8) is 0 Å². The average molecular weight is 569 g/mol. The lowest BCUT2D eigenvalue weighted by Crippen LogP contribution is -2.42. The Kier molecular flexibility index (Phi) is 10.3. The Morgan fingerprint density at radius 2 is 2.03 bits per heavy atom. The third-order valence-corrected chi connectivity index (χ3v) is 5.78. The van der Waals surface area contributed by atoms with Crippen LogP contribution in [0.4, 0.5) is 13.2 Å². The van der Waals surface area contributed by atoms with Gasteiger partial charge < -0.3 is 15.4 Å². The molecule has 11 heteroatoms. The Hall–Kier alpha value is -1.60. The Labute approximate surface area is 201 Å². The van der Waals surface area contributed by atoms with Crippen molar-refractivity contribution in [2.45, 2.75) is 31.6 Å². The molecule has 1 saturated heterocycles. The fraction of sp³-hybridized carbons (Fsp3) is 0.500. The second kappa shape index (κ2) is 12.4. The van der Waals surface area contributed by atoms with E-state index < -0.39 is 12.8 Å². The van der Waals surface area contributed by atoms with Crippen molar-refractivity contribution < 1.29 is 17.9 Å². The molecule has 0 aliphatic carbocycles. The smallest absolute Gasteiger partial charge is 0.422 e. The van der Waals surface area contributed by atoms with Gasteiger partial charge in [-0.25, -0.2) is 4.98 Å². The predicted octanol–water partition coefficient (Wildman–Crippen LogP) is 4.20. The molecule has 0 bridgehead atoms. The quantitative estimate of drug-likeness (QED) is 0.284. The van der Waals surface area contributed by atoms with E-state index in [1.807, 2.05) is 0 Å².